The van der Waals surface area contributed by atoms with Crippen molar-refractivity contribution in [3.8, 4) is 28.5 Å². The number of nitrogens with zero attached hydrogens (tertiary/aromatic N) is 7. The molecule has 1 fully saturated rings. The van der Waals surface area contributed by atoms with E-state index in [4.69, 9.17) is 14.5 Å². The van der Waals surface area contributed by atoms with Gasteiger partial charge in [0.15, 0.2) is 0 Å². The Hall–Kier alpha value is -5.86. The number of amides is 1. The minimum absolute atomic E-state index is 0.0506. The van der Waals surface area contributed by atoms with Gasteiger partial charge in [0.1, 0.15) is 0 Å². The SMILES string of the molecule is CCOc1nc2cccc(C(=O)N3CCC[C@H]3CC(=O)OCCCCO[N+](=O)[O-])c2n1Cc1ccc(-c2ccccc2-c2nn[nH]n2)cc1. The van der Waals surface area contributed by atoms with Crippen molar-refractivity contribution in [2.45, 2.75) is 51.6 Å². The molecule has 1 saturated heterocycles. The lowest BCUT2D eigenvalue weighted by atomic mass is 9.98. The molecule has 0 unspecified atom stereocenters. The maximum Gasteiger partial charge on any atom is 0.307 e. The predicted octanol–water partition coefficient (Wildman–Crippen LogP) is 4.86. The maximum atomic E-state index is 14.1. The summed E-state index contributed by atoms with van der Waals surface area (Å²) in [5.74, 6) is -0.0845. The highest BCUT2D eigenvalue weighted by Gasteiger charge is 2.33. The molecule has 0 radical (unpaired) electrons. The fourth-order valence-corrected chi connectivity index (χ4v) is 6.15. The minimum atomic E-state index is -0.846. The van der Waals surface area contributed by atoms with Gasteiger partial charge in [0.05, 0.1) is 49.4 Å². The van der Waals surface area contributed by atoms with Crippen LogP contribution in [0.4, 0.5) is 0 Å². The summed E-state index contributed by atoms with van der Waals surface area (Å²) in [6, 6.07) is 21.6. The fourth-order valence-electron chi connectivity index (χ4n) is 6.15. The number of carbonyl (C=O) groups is 2. The van der Waals surface area contributed by atoms with Crippen molar-refractivity contribution in [3.05, 3.63) is 88.0 Å². The molecule has 0 aliphatic carbocycles. The van der Waals surface area contributed by atoms with E-state index < -0.39 is 11.1 Å². The van der Waals surface area contributed by atoms with E-state index in [1.54, 1.807) is 17.0 Å². The molecule has 6 rings (SSSR count). The number of unbranched alkanes of at least 4 members (excludes halogenated alkanes) is 1. The Labute approximate surface area is 281 Å². The van der Waals surface area contributed by atoms with Gasteiger partial charge < -0.3 is 19.2 Å². The van der Waals surface area contributed by atoms with Gasteiger partial charge in [-0.1, -0.05) is 54.6 Å². The van der Waals surface area contributed by atoms with E-state index in [-0.39, 0.29) is 31.6 Å². The normalized spacial score (nSPS) is 14.2. The highest BCUT2D eigenvalue weighted by Crippen LogP contribution is 2.32. The molecule has 1 aliphatic heterocycles. The lowest BCUT2D eigenvalue weighted by Gasteiger charge is -2.25. The molecular weight excluding hydrogens is 632 g/mol. The summed E-state index contributed by atoms with van der Waals surface area (Å²) in [4.78, 5) is 47.8. The molecule has 15 heteroatoms. The molecule has 1 N–H and O–H groups in total. The monoisotopic (exact) mass is 668 g/mol. The molecule has 3 heterocycles. The molecule has 2 aromatic heterocycles. The van der Waals surface area contributed by atoms with Crippen LogP contribution in [0, 0.1) is 10.1 Å². The second-order valence-corrected chi connectivity index (χ2v) is 11.5. The molecule has 254 valence electrons. The average Bonchev–Trinajstić information content (AvgIpc) is 3.88. The third-order valence-electron chi connectivity index (χ3n) is 8.39. The van der Waals surface area contributed by atoms with Crippen LogP contribution in [-0.2, 0) is 20.9 Å². The number of para-hydroxylation sites is 1. The van der Waals surface area contributed by atoms with E-state index in [0.29, 0.717) is 67.4 Å². The van der Waals surface area contributed by atoms with Gasteiger partial charge in [-0.2, -0.15) is 10.2 Å². The third-order valence-corrected chi connectivity index (χ3v) is 8.39. The number of aromatic nitrogens is 6. The van der Waals surface area contributed by atoms with E-state index in [9.17, 15) is 19.7 Å². The first-order valence-corrected chi connectivity index (χ1v) is 16.2. The van der Waals surface area contributed by atoms with Crippen LogP contribution in [0.1, 0.15) is 54.9 Å². The zero-order valence-corrected chi connectivity index (χ0v) is 27.0. The summed E-state index contributed by atoms with van der Waals surface area (Å²) in [7, 11) is 0. The number of H-pyrrole nitrogens is 1. The lowest BCUT2D eigenvalue weighted by molar-refractivity contribution is -0.757. The first kappa shape index (κ1) is 33.1. The van der Waals surface area contributed by atoms with Gasteiger partial charge in [0, 0.05) is 18.2 Å². The molecule has 1 amide bonds. The molecule has 0 bridgehead atoms. The van der Waals surface area contributed by atoms with Gasteiger partial charge in [-0.3, -0.25) is 14.2 Å². The van der Waals surface area contributed by atoms with Crippen LogP contribution >= 0.6 is 0 Å². The van der Waals surface area contributed by atoms with Gasteiger partial charge >= 0.3 is 5.97 Å². The molecule has 3 aromatic carbocycles. The average molecular weight is 669 g/mol. The second-order valence-electron chi connectivity index (χ2n) is 11.5. The van der Waals surface area contributed by atoms with Crippen molar-refractivity contribution in [1.29, 1.82) is 0 Å². The number of benzene rings is 3. The number of esters is 1. The van der Waals surface area contributed by atoms with Gasteiger partial charge in [0.2, 0.25) is 5.82 Å². The number of aromatic amines is 1. The first-order valence-electron chi connectivity index (χ1n) is 16.2. The fraction of sp³-hybridized carbons (Fsp3) is 0.353. The second kappa shape index (κ2) is 15.4. The molecule has 1 aliphatic rings. The summed E-state index contributed by atoms with van der Waals surface area (Å²) in [6.45, 7) is 3.30. The quantitative estimate of drug-likeness (QED) is 0.0697. The summed E-state index contributed by atoms with van der Waals surface area (Å²) in [6.07, 6.45) is 2.35. The van der Waals surface area contributed by atoms with Crippen LogP contribution in [0.2, 0.25) is 0 Å². The van der Waals surface area contributed by atoms with Crippen molar-refractivity contribution in [2.75, 3.05) is 26.4 Å². The van der Waals surface area contributed by atoms with Crippen LogP contribution in [-0.4, -0.2) is 84.4 Å². The number of fused-ring (bicyclic) bond motifs is 1. The Balaban J connectivity index is 1.20. The molecule has 0 saturated carbocycles. The number of carbonyl (C=O) groups excluding carboxylic acids is 2. The van der Waals surface area contributed by atoms with Crippen molar-refractivity contribution in [1.82, 2.24) is 35.1 Å². The highest BCUT2D eigenvalue weighted by molar-refractivity contribution is 6.05. The zero-order valence-electron chi connectivity index (χ0n) is 27.0. The number of likely N-dealkylation sites (tertiary alicyclic amines) is 1. The third kappa shape index (κ3) is 7.66. The Morgan fingerprint density at radius 2 is 1.82 bits per heavy atom. The van der Waals surface area contributed by atoms with E-state index in [0.717, 1.165) is 28.7 Å². The van der Waals surface area contributed by atoms with Gasteiger partial charge in [-0.25, -0.2) is 0 Å². The Morgan fingerprint density at radius 1 is 1.02 bits per heavy atom. The van der Waals surface area contributed by atoms with Gasteiger partial charge in [-0.15, -0.1) is 20.3 Å². The van der Waals surface area contributed by atoms with Gasteiger partial charge in [0.25, 0.3) is 17.0 Å². The van der Waals surface area contributed by atoms with E-state index in [1.165, 1.54) is 0 Å². The molecule has 0 spiro atoms. The number of nitrogens with one attached hydrogen (secondary N) is 1. The highest BCUT2D eigenvalue weighted by atomic mass is 16.9. The largest absolute Gasteiger partial charge is 0.466 e. The molecular formula is C34H36N8O7. The summed E-state index contributed by atoms with van der Waals surface area (Å²) >= 11 is 0. The van der Waals surface area contributed by atoms with Crippen molar-refractivity contribution in [2.24, 2.45) is 0 Å². The van der Waals surface area contributed by atoms with E-state index in [2.05, 4.69) is 25.5 Å². The Kier molecular flexibility index (Phi) is 10.4. The lowest BCUT2D eigenvalue weighted by Crippen LogP contribution is -2.37. The number of hydrogen-bond donors (Lipinski definition) is 1. The van der Waals surface area contributed by atoms with Crippen molar-refractivity contribution < 1.29 is 29.0 Å². The summed E-state index contributed by atoms with van der Waals surface area (Å²) in [5, 5.41) is 23.9. The standard InChI is InChI=1S/C34H36N8O7/c1-2-47-34-35-29-13-7-12-28(33(44)40-18-8-9-25(40)21-30(43)48-19-5-6-20-49-42(45)46)31(29)41(34)22-23-14-16-24(17-15-23)26-10-3-4-11-27(26)32-36-38-39-37-32/h3-4,7,10-17,25H,2,5-6,8-9,18-22H2,1H3,(H,36,37,38,39)/t25-/m0/s1. The topological polar surface area (TPSA) is 180 Å². The van der Waals surface area contributed by atoms with Crippen LogP contribution < -0.4 is 4.74 Å². The van der Waals surface area contributed by atoms with Crippen LogP contribution in [0.3, 0.4) is 0 Å². The van der Waals surface area contributed by atoms with Gasteiger partial charge in [-0.05, 0) is 66.6 Å². The molecule has 5 aromatic rings. The Morgan fingerprint density at radius 3 is 2.57 bits per heavy atom. The number of rotatable bonds is 15. The maximum absolute atomic E-state index is 14.1. The van der Waals surface area contributed by atoms with Crippen LogP contribution in [0.15, 0.2) is 66.7 Å². The predicted molar refractivity (Wildman–Crippen MR) is 177 cm³/mol. The number of tetrazole rings is 1. The zero-order chi connectivity index (χ0) is 34.2. The minimum Gasteiger partial charge on any atom is -0.466 e. The van der Waals surface area contributed by atoms with Crippen molar-refractivity contribution >= 4 is 22.9 Å². The molecule has 15 nitrogen and oxygen atoms in total. The molecule has 1 atom stereocenters. The summed E-state index contributed by atoms with van der Waals surface area (Å²) < 4.78 is 13.2. The van der Waals surface area contributed by atoms with E-state index in [1.807, 2.05) is 66.1 Å². The Bertz CT molecular complexity index is 1910. The number of imidazole rings is 1. The van der Waals surface area contributed by atoms with Crippen molar-refractivity contribution in [3.63, 3.8) is 0 Å². The number of ether oxygens (including phenoxy) is 2. The summed E-state index contributed by atoms with van der Waals surface area (Å²) in [5.41, 5.74) is 5.58. The van der Waals surface area contributed by atoms with Crippen LogP contribution in [0.25, 0.3) is 33.5 Å². The smallest absolute Gasteiger partial charge is 0.307 e. The van der Waals surface area contributed by atoms with Crippen LogP contribution in [0.5, 0.6) is 6.01 Å². The molecule has 49 heavy (non-hydrogen) atoms. The number of hydrogen-bond acceptors (Lipinski definition) is 11. The first-order chi connectivity index (χ1) is 23.9. The van der Waals surface area contributed by atoms with E-state index >= 15 is 0 Å².